The third kappa shape index (κ3) is 10.1. The summed E-state index contributed by atoms with van der Waals surface area (Å²) in [4.78, 5) is 0. The van der Waals surface area contributed by atoms with Gasteiger partial charge < -0.3 is 4.42 Å². The van der Waals surface area contributed by atoms with E-state index in [2.05, 4.69) is 38.5 Å². The van der Waals surface area contributed by atoms with Gasteiger partial charge in [-0.3, -0.25) is 0 Å². The Kier molecular flexibility index (Phi) is 11.0. The molecule has 0 radical (unpaired) electrons. The standard InChI is InChI=1S/C17H25IO/c18-15-11-9-7-5-3-1-2-4-6-8-10-13-17-14-12-16-19-17/h12,14,16H,1-10,13H2. The molecule has 0 saturated heterocycles. The Hall–Kier alpha value is -0.430. The quantitative estimate of drug-likeness (QED) is 0.259. The molecule has 1 aromatic heterocycles. The second-order valence-corrected chi connectivity index (χ2v) is 5.57. The van der Waals surface area contributed by atoms with Crippen molar-refractivity contribution in [3.63, 3.8) is 0 Å². The van der Waals surface area contributed by atoms with Crippen LogP contribution in [0.15, 0.2) is 22.8 Å². The Morgan fingerprint density at radius 1 is 0.895 bits per heavy atom. The molecule has 19 heavy (non-hydrogen) atoms. The minimum absolute atomic E-state index is 1.08. The van der Waals surface area contributed by atoms with Gasteiger partial charge in [0, 0.05) is 35.4 Å². The molecule has 0 bridgehead atoms. The minimum atomic E-state index is 1.08. The topological polar surface area (TPSA) is 13.1 Å². The summed E-state index contributed by atoms with van der Waals surface area (Å²) >= 11 is 2.11. The molecule has 1 rings (SSSR count). The predicted molar refractivity (Wildman–Crippen MR) is 90.4 cm³/mol. The number of hydrogen-bond acceptors (Lipinski definition) is 1. The molecule has 0 N–H and O–H groups in total. The van der Waals surface area contributed by atoms with Crippen LogP contribution < -0.4 is 0 Å². The Morgan fingerprint density at radius 2 is 1.53 bits per heavy atom. The van der Waals surface area contributed by atoms with Gasteiger partial charge in [-0.25, -0.2) is 0 Å². The van der Waals surface area contributed by atoms with Gasteiger partial charge in [0.2, 0.25) is 0 Å². The second-order valence-electron chi connectivity index (χ2n) is 5.03. The molecule has 0 atom stereocenters. The fraction of sp³-hybridized carbons (Fsp3) is 0.647. The second kappa shape index (κ2) is 12.6. The summed E-state index contributed by atoms with van der Waals surface area (Å²) in [5.41, 5.74) is 0. The first-order valence-electron chi connectivity index (χ1n) is 7.54. The Morgan fingerprint density at radius 3 is 2.11 bits per heavy atom. The maximum absolute atomic E-state index is 5.32. The SMILES string of the molecule is IC#CCCCCCCCCCCCc1ccco1. The zero-order valence-electron chi connectivity index (χ0n) is 11.8. The molecule has 0 spiro atoms. The normalized spacial score (nSPS) is 10.2. The van der Waals surface area contributed by atoms with E-state index in [9.17, 15) is 0 Å². The first kappa shape index (κ1) is 16.6. The van der Waals surface area contributed by atoms with Crippen LogP contribution in [0.25, 0.3) is 0 Å². The number of unbranched alkanes of at least 4 members (excludes halogenated alkanes) is 9. The number of hydrogen-bond donors (Lipinski definition) is 0. The molecule has 0 unspecified atom stereocenters. The molecule has 2 heteroatoms. The number of furan rings is 1. The number of halogens is 1. The summed E-state index contributed by atoms with van der Waals surface area (Å²) in [5.74, 6) is 4.25. The summed E-state index contributed by atoms with van der Waals surface area (Å²) < 4.78 is 8.25. The lowest BCUT2D eigenvalue weighted by Crippen LogP contribution is -1.84. The number of rotatable bonds is 11. The van der Waals surface area contributed by atoms with Crippen molar-refractivity contribution in [2.24, 2.45) is 0 Å². The predicted octanol–water partition coefficient (Wildman–Crippen LogP) is 6.12. The molecule has 0 aliphatic rings. The summed E-state index contributed by atoms with van der Waals surface area (Å²) in [5, 5.41) is 0. The van der Waals surface area contributed by atoms with Crippen molar-refractivity contribution in [2.45, 2.75) is 70.6 Å². The molecule has 0 fully saturated rings. The van der Waals surface area contributed by atoms with Crippen LogP contribution >= 0.6 is 22.6 Å². The maximum Gasteiger partial charge on any atom is 0.103 e. The van der Waals surface area contributed by atoms with Crippen molar-refractivity contribution in [1.29, 1.82) is 0 Å². The fourth-order valence-electron chi connectivity index (χ4n) is 2.25. The van der Waals surface area contributed by atoms with Gasteiger partial charge in [0.25, 0.3) is 0 Å². The Labute approximate surface area is 131 Å². The zero-order valence-corrected chi connectivity index (χ0v) is 14.0. The van der Waals surface area contributed by atoms with Crippen molar-refractivity contribution in [2.75, 3.05) is 0 Å². The van der Waals surface area contributed by atoms with Gasteiger partial charge in [-0.1, -0.05) is 50.9 Å². The third-order valence-corrected chi connectivity index (χ3v) is 3.75. The lowest BCUT2D eigenvalue weighted by Gasteiger charge is -2.01. The van der Waals surface area contributed by atoms with Crippen molar-refractivity contribution >= 4 is 22.6 Å². The summed E-state index contributed by atoms with van der Waals surface area (Å²) in [7, 11) is 0. The molecule has 0 aromatic carbocycles. The van der Waals surface area contributed by atoms with E-state index in [0.29, 0.717) is 0 Å². The van der Waals surface area contributed by atoms with E-state index >= 15 is 0 Å². The zero-order chi connectivity index (χ0) is 13.6. The van der Waals surface area contributed by atoms with Crippen molar-refractivity contribution in [1.82, 2.24) is 0 Å². The molecule has 0 saturated carbocycles. The highest BCUT2D eigenvalue weighted by atomic mass is 127. The van der Waals surface area contributed by atoms with E-state index < -0.39 is 0 Å². The molecule has 1 heterocycles. The molecular weight excluding hydrogens is 347 g/mol. The largest absolute Gasteiger partial charge is 0.469 e. The molecule has 106 valence electrons. The van der Waals surface area contributed by atoms with Crippen LogP contribution in [0, 0.1) is 9.85 Å². The fourth-order valence-corrected chi connectivity index (χ4v) is 2.52. The molecule has 1 aromatic rings. The van der Waals surface area contributed by atoms with Crippen LogP contribution in [-0.4, -0.2) is 0 Å². The van der Waals surface area contributed by atoms with E-state index in [-0.39, 0.29) is 0 Å². The lowest BCUT2D eigenvalue weighted by molar-refractivity contribution is 0.490. The molecule has 0 amide bonds. The molecule has 0 aliphatic carbocycles. The van der Waals surface area contributed by atoms with E-state index in [0.717, 1.165) is 18.6 Å². The highest BCUT2D eigenvalue weighted by molar-refractivity contribution is 14.1. The van der Waals surface area contributed by atoms with Crippen LogP contribution in [0.5, 0.6) is 0 Å². The van der Waals surface area contributed by atoms with E-state index in [1.54, 1.807) is 6.26 Å². The Bertz CT molecular complexity index is 345. The van der Waals surface area contributed by atoms with Crippen LogP contribution in [0.2, 0.25) is 0 Å². The highest BCUT2D eigenvalue weighted by Gasteiger charge is 1.96. The van der Waals surface area contributed by atoms with Gasteiger partial charge in [0.1, 0.15) is 5.76 Å². The lowest BCUT2D eigenvalue weighted by atomic mass is 10.1. The smallest absolute Gasteiger partial charge is 0.103 e. The monoisotopic (exact) mass is 372 g/mol. The van der Waals surface area contributed by atoms with Gasteiger partial charge in [-0.2, -0.15) is 0 Å². The van der Waals surface area contributed by atoms with E-state index in [1.165, 1.54) is 57.8 Å². The Balaban J connectivity index is 1.75. The number of aryl methyl sites for hydroxylation is 1. The highest BCUT2D eigenvalue weighted by Crippen LogP contribution is 2.12. The van der Waals surface area contributed by atoms with Crippen LogP contribution in [0.4, 0.5) is 0 Å². The third-order valence-electron chi connectivity index (χ3n) is 3.37. The van der Waals surface area contributed by atoms with Crippen LogP contribution in [0.3, 0.4) is 0 Å². The molecule has 1 nitrogen and oxygen atoms in total. The van der Waals surface area contributed by atoms with Crippen LogP contribution in [-0.2, 0) is 6.42 Å². The first-order chi connectivity index (χ1) is 9.43. The van der Waals surface area contributed by atoms with Crippen molar-refractivity contribution in [3.05, 3.63) is 24.2 Å². The summed E-state index contributed by atoms with van der Waals surface area (Å²) in [6.07, 6.45) is 16.1. The maximum atomic E-state index is 5.32. The molecular formula is C17H25IO. The van der Waals surface area contributed by atoms with E-state index in [1.807, 2.05) is 6.07 Å². The van der Waals surface area contributed by atoms with Gasteiger partial charge in [0.15, 0.2) is 0 Å². The van der Waals surface area contributed by atoms with Gasteiger partial charge in [-0.05, 0) is 28.9 Å². The molecule has 0 aliphatic heterocycles. The van der Waals surface area contributed by atoms with Gasteiger partial charge >= 0.3 is 0 Å². The van der Waals surface area contributed by atoms with E-state index in [4.69, 9.17) is 4.42 Å². The first-order valence-corrected chi connectivity index (χ1v) is 8.62. The van der Waals surface area contributed by atoms with Gasteiger partial charge in [0.05, 0.1) is 6.26 Å². The average Bonchev–Trinajstić information content (AvgIpc) is 2.93. The summed E-state index contributed by atoms with van der Waals surface area (Å²) in [6, 6.07) is 4.05. The van der Waals surface area contributed by atoms with Crippen molar-refractivity contribution < 1.29 is 4.42 Å². The van der Waals surface area contributed by atoms with Crippen molar-refractivity contribution in [3.8, 4) is 9.85 Å². The van der Waals surface area contributed by atoms with Crippen LogP contribution in [0.1, 0.15) is 70.0 Å². The van der Waals surface area contributed by atoms with Gasteiger partial charge in [-0.15, -0.1) is 0 Å². The summed E-state index contributed by atoms with van der Waals surface area (Å²) in [6.45, 7) is 0. The average molecular weight is 372 g/mol. The minimum Gasteiger partial charge on any atom is -0.469 e.